The average Bonchev–Trinajstić information content (AvgIpc) is 2.21. The zero-order valence-corrected chi connectivity index (χ0v) is 9.51. The lowest BCUT2D eigenvalue weighted by molar-refractivity contribution is -0.141. The van der Waals surface area contributed by atoms with Crippen LogP contribution in [0.3, 0.4) is 0 Å². The van der Waals surface area contributed by atoms with Gasteiger partial charge in [-0.3, -0.25) is 0 Å². The van der Waals surface area contributed by atoms with Gasteiger partial charge in [0.25, 0.3) is 0 Å². The van der Waals surface area contributed by atoms with Crippen LogP contribution in [-0.4, -0.2) is 52.3 Å². The largest absolute Gasteiger partial charge is 0.480 e. The number of amides is 2. The molecule has 0 rings (SSSR count). The SMILES string of the molecule is C=CCN(CC)C(=O)NC(C(=O)O)C(C)O. The Kier molecular flexibility index (Phi) is 6.17. The normalized spacial score (nSPS) is 13.7. The monoisotopic (exact) mass is 230 g/mol. The number of likely N-dealkylation sites (N-methyl/N-ethyl adjacent to an activating group) is 1. The molecule has 3 N–H and O–H groups in total. The summed E-state index contributed by atoms with van der Waals surface area (Å²) in [5.41, 5.74) is 0. The van der Waals surface area contributed by atoms with Crippen LogP contribution in [-0.2, 0) is 4.79 Å². The highest BCUT2D eigenvalue weighted by molar-refractivity contribution is 5.83. The molecule has 0 aliphatic rings. The number of carbonyl (C=O) groups excluding carboxylic acids is 1. The molecule has 92 valence electrons. The highest BCUT2D eigenvalue weighted by atomic mass is 16.4. The first-order chi connectivity index (χ1) is 7.43. The van der Waals surface area contributed by atoms with E-state index in [1.807, 2.05) is 0 Å². The zero-order chi connectivity index (χ0) is 12.7. The number of aliphatic hydroxyl groups is 1. The number of rotatable bonds is 6. The van der Waals surface area contributed by atoms with Crippen LogP contribution in [0.2, 0.25) is 0 Å². The van der Waals surface area contributed by atoms with Gasteiger partial charge in [0.1, 0.15) is 0 Å². The molecule has 2 amide bonds. The van der Waals surface area contributed by atoms with Gasteiger partial charge < -0.3 is 20.4 Å². The summed E-state index contributed by atoms with van der Waals surface area (Å²) in [6.45, 7) is 7.33. The Morgan fingerprint density at radius 2 is 2.12 bits per heavy atom. The molecule has 0 aromatic carbocycles. The van der Waals surface area contributed by atoms with Gasteiger partial charge in [-0.2, -0.15) is 0 Å². The smallest absolute Gasteiger partial charge is 0.328 e. The van der Waals surface area contributed by atoms with Gasteiger partial charge >= 0.3 is 12.0 Å². The summed E-state index contributed by atoms with van der Waals surface area (Å²) >= 11 is 0. The first-order valence-electron chi connectivity index (χ1n) is 5.01. The van der Waals surface area contributed by atoms with E-state index in [0.29, 0.717) is 13.1 Å². The quantitative estimate of drug-likeness (QED) is 0.562. The topological polar surface area (TPSA) is 89.9 Å². The zero-order valence-electron chi connectivity index (χ0n) is 9.51. The van der Waals surface area contributed by atoms with E-state index in [0.717, 1.165) is 0 Å². The van der Waals surface area contributed by atoms with Gasteiger partial charge in [0.15, 0.2) is 6.04 Å². The second-order valence-corrected chi connectivity index (χ2v) is 3.33. The average molecular weight is 230 g/mol. The van der Waals surface area contributed by atoms with Gasteiger partial charge in [-0.05, 0) is 13.8 Å². The third-order valence-corrected chi connectivity index (χ3v) is 2.05. The van der Waals surface area contributed by atoms with Crippen LogP contribution in [0.1, 0.15) is 13.8 Å². The van der Waals surface area contributed by atoms with Gasteiger partial charge in [0, 0.05) is 13.1 Å². The predicted octanol–water partition coefficient (Wildman–Crippen LogP) is 0.0379. The van der Waals surface area contributed by atoms with E-state index in [9.17, 15) is 14.7 Å². The van der Waals surface area contributed by atoms with Crippen LogP contribution >= 0.6 is 0 Å². The molecule has 0 saturated heterocycles. The lowest BCUT2D eigenvalue weighted by atomic mass is 10.2. The molecule has 0 spiro atoms. The molecule has 0 aliphatic carbocycles. The van der Waals surface area contributed by atoms with Gasteiger partial charge in [0.05, 0.1) is 6.10 Å². The minimum atomic E-state index is -1.30. The summed E-state index contributed by atoms with van der Waals surface area (Å²) in [5.74, 6) is -1.27. The fourth-order valence-corrected chi connectivity index (χ4v) is 1.12. The summed E-state index contributed by atoms with van der Waals surface area (Å²) in [6.07, 6.45) is 0.394. The van der Waals surface area contributed by atoms with Crippen molar-refractivity contribution in [1.82, 2.24) is 10.2 Å². The van der Waals surface area contributed by atoms with Crippen molar-refractivity contribution >= 4 is 12.0 Å². The third kappa shape index (κ3) is 4.31. The lowest BCUT2D eigenvalue weighted by Crippen LogP contribution is -2.52. The number of carbonyl (C=O) groups is 2. The van der Waals surface area contributed by atoms with Crippen molar-refractivity contribution in [2.24, 2.45) is 0 Å². The molecule has 2 unspecified atom stereocenters. The standard InChI is InChI=1S/C10H18N2O4/c1-4-6-12(5-2)10(16)11-8(7(3)13)9(14)15/h4,7-8,13H,1,5-6H2,2-3H3,(H,11,16)(H,14,15). The van der Waals surface area contributed by atoms with Crippen LogP contribution in [0.25, 0.3) is 0 Å². The molecule has 0 aromatic rings. The molecule has 2 atom stereocenters. The maximum atomic E-state index is 11.6. The molecule has 0 fully saturated rings. The van der Waals surface area contributed by atoms with Crippen molar-refractivity contribution in [3.63, 3.8) is 0 Å². The molecular formula is C10H18N2O4. The number of hydrogen-bond donors (Lipinski definition) is 3. The Morgan fingerprint density at radius 3 is 2.44 bits per heavy atom. The van der Waals surface area contributed by atoms with Crippen molar-refractivity contribution < 1.29 is 19.8 Å². The molecule has 6 heteroatoms. The van der Waals surface area contributed by atoms with E-state index < -0.39 is 24.1 Å². The van der Waals surface area contributed by atoms with Crippen molar-refractivity contribution in [2.45, 2.75) is 26.0 Å². The third-order valence-electron chi connectivity index (χ3n) is 2.05. The summed E-state index contributed by atoms with van der Waals surface area (Å²) in [5, 5.41) is 20.2. The van der Waals surface area contributed by atoms with E-state index in [1.54, 1.807) is 13.0 Å². The molecular weight excluding hydrogens is 212 g/mol. The summed E-state index contributed by atoms with van der Waals surface area (Å²) in [7, 11) is 0. The first-order valence-corrected chi connectivity index (χ1v) is 5.01. The number of aliphatic hydroxyl groups excluding tert-OH is 1. The number of urea groups is 1. The molecule has 0 aromatic heterocycles. The van der Waals surface area contributed by atoms with Crippen molar-refractivity contribution in [3.05, 3.63) is 12.7 Å². The van der Waals surface area contributed by atoms with Crippen LogP contribution in [0, 0.1) is 0 Å². The number of nitrogens with one attached hydrogen (secondary N) is 1. The minimum Gasteiger partial charge on any atom is -0.480 e. The highest BCUT2D eigenvalue weighted by Gasteiger charge is 2.26. The van der Waals surface area contributed by atoms with Gasteiger partial charge in [0.2, 0.25) is 0 Å². The summed E-state index contributed by atoms with van der Waals surface area (Å²) < 4.78 is 0. The Balaban J connectivity index is 4.49. The Labute approximate surface area is 94.6 Å². The number of aliphatic carboxylic acids is 1. The lowest BCUT2D eigenvalue weighted by Gasteiger charge is -2.23. The minimum absolute atomic E-state index is 0.328. The number of hydrogen-bond acceptors (Lipinski definition) is 3. The molecule has 6 nitrogen and oxygen atoms in total. The predicted molar refractivity (Wildman–Crippen MR) is 59.1 cm³/mol. The van der Waals surface area contributed by atoms with E-state index in [4.69, 9.17) is 5.11 Å². The molecule has 0 bridgehead atoms. The number of carboxylic acid groups (broad SMARTS) is 1. The molecule has 16 heavy (non-hydrogen) atoms. The maximum absolute atomic E-state index is 11.6. The van der Waals surface area contributed by atoms with Crippen LogP contribution < -0.4 is 5.32 Å². The Morgan fingerprint density at radius 1 is 1.56 bits per heavy atom. The van der Waals surface area contributed by atoms with E-state index in [1.165, 1.54) is 11.8 Å². The highest BCUT2D eigenvalue weighted by Crippen LogP contribution is 1.96. The molecule has 0 heterocycles. The fraction of sp³-hybridized carbons (Fsp3) is 0.600. The van der Waals surface area contributed by atoms with Crippen molar-refractivity contribution in [1.29, 1.82) is 0 Å². The number of nitrogens with zero attached hydrogens (tertiary/aromatic N) is 1. The Bertz CT molecular complexity index is 266. The Hall–Kier alpha value is -1.56. The molecule has 0 aliphatic heterocycles. The van der Waals surface area contributed by atoms with Crippen LogP contribution in [0.4, 0.5) is 4.79 Å². The van der Waals surface area contributed by atoms with Gasteiger partial charge in [-0.15, -0.1) is 6.58 Å². The summed E-state index contributed by atoms with van der Waals surface area (Å²) in [4.78, 5) is 23.7. The molecule has 0 radical (unpaired) electrons. The van der Waals surface area contributed by atoms with Crippen molar-refractivity contribution in [3.8, 4) is 0 Å². The fourth-order valence-electron chi connectivity index (χ4n) is 1.12. The second-order valence-electron chi connectivity index (χ2n) is 3.33. The second kappa shape index (κ2) is 6.84. The van der Waals surface area contributed by atoms with Crippen LogP contribution in [0.15, 0.2) is 12.7 Å². The first kappa shape index (κ1) is 14.4. The van der Waals surface area contributed by atoms with Gasteiger partial charge in [-0.1, -0.05) is 6.08 Å². The maximum Gasteiger partial charge on any atom is 0.328 e. The van der Waals surface area contributed by atoms with Crippen LogP contribution in [0.5, 0.6) is 0 Å². The van der Waals surface area contributed by atoms with E-state index >= 15 is 0 Å². The van der Waals surface area contributed by atoms with Gasteiger partial charge in [-0.25, -0.2) is 9.59 Å². The van der Waals surface area contributed by atoms with E-state index in [-0.39, 0.29) is 0 Å². The molecule has 0 saturated carbocycles. The number of carboxylic acids is 1. The van der Waals surface area contributed by atoms with Crippen molar-refractivity contribution in [2.75, 3.05) is 13.1 Å². The van der Waals surface area contributed by atoms with E-state index in [2.05, 4.69) is 11.9 Å². The summed E-state index contributed by atoms with van der Waals surface area (Å²) in [6, 6.07) is -1.83.